The molecule has 0 amide bonds. The Labute approximate surface area is 202 Å². The molecule has 0 bridgehead atoms. The van der Waals surface area contributed by atoms with Crippen molar-refractivity contribution in [2.75, 3.05) is 25.0 Å². The van der Waals surface area contributed by atoms with E-state index in [1.807, 2.05) is 43.3 Å². The monoisotopic (exact) mass is 489 g/mol. The van der Waals surface area contributed by atoms with E-state index in [1.54, 1.807) is 12.1 Å². The number of hydrogen-bond acceptors (Lipinski definition) is 6. The Morgan fingerprint density at radius 1 is 0.970 bits per heavy atom. The standard InChI is InChI=1S/C24H25Cl2N3O4/c1-2-32-23-14-17(13-22(26)24(23)33-16-18-5-3-4-6-21(18)25)15-27-11-12-28-19-7-9-20(10-8-19)29(30)31/h3-10,13-14,27-28H,2,11-12,15-16H2,1H3. The van der Waals surface area contributed by atoms with Crippen molar-refractivity contribution in [3.63, 3.8) is 0 Å². The third kappa shape index (κ3) is 7.25. The van der Waals surface area contributed by atoms with Crippen LogP contribution in [0.2, 0.25) is 10.0 Å². The molecule has 9 heteroatoms. The first-order chi connectivity index (χ1) is 16.0. The number of non-ortho nitro benzene ring substituents is 1. The Kier molecular flexibility index (Phi) is 9.18. The summed E-state index contributed by atoms with van der Waals surface area (Å²) in [5, 5.41) is 18.4. The van der Waals surface area contributed by atoms with E-state index in [2.05, 4.69) is 10.6 Å². The average molecular weight is 490 g/mol. The fourth-order valence-electron chi connectivity index (χ4n) is 3.12. The van der Waals surface area contributed by atoms with E-state index < -0.39 is 4.92 Å². The van der Waals surface area contributed by atoms with Crippen LogP contribution in [0, 0.1) is 10.1 Å². The molecule has 3 rings (SSSR count). The smallest absolute Gasteiger partial charge is 0.269 e. The van der Waals surface area contributed by atoms with Gasteiger partial charge in [-0.2, -0.15) is 0 Å². The van der Waals surface area contributed by atoms with Gasteiger partial charge in [0.2, 0.25) is 0 Å². The van der Waals surface area contributed by atoms with Crippen molar-refractivity contribution in [1.29, 1.82) is 0 Å². The molecule has 0 heterocycles. The van der Waals surface area contributed by atoms with Crippen LogP contribution in [0.5, 0.6) is 11.5 Å². The molecule has 0 radical (unpaired) electrons. The number of rotatable bonds is 12. The molecule has 0 aliphatic carbocycles. The number of nitrogens with one attached hydrogen (secondary N) is 2. The Hall–Kier alpha value is -3.00. The van der Waals surface area contributed by atoms with Crippen molar-refractivity contribution in [3.8, 4) is 11.5 Å². The molecule has 3 aromatic carbocycles. The number of ether oxygens (including phenoxy) is 2. The van der Waals surface area contributed by atoms with Crippen LogP contribution in [0.1, 0.15) is 18.1 Å². The van der Waals surface area contributed by atoms with Crippen molar-refractivity contribution >= 4 is 34.6 Å². The molecule has 0 aromatic heterocycles. The van der Waals surface area contributed by atoms with Crippen LogP contribution in [0.3, 0.4) is 0 Å². The van der Waals surface area contributed by atoms with E-state index >= 15 is 0 Å². The molecule has 0 atom stereocenters. The lowest BCUT2D eigenvalue weighted by Gasteiger charge is -2.16. The maximum Gasteiger partial charge on any atom is 0.269 e. The molecule has 174 valence electrons. The topological polar surface area (TPSA) is 85.7 Å². The van der Waals surface area contributed by atoms with E-state index in [0.29, 0.717) is 47.8 Å². The first-order valence-corrected chi connectivity index (χ1v) is 11.2. The van der Waals surface area contributed by atoms with Crippen LogP contribution in [0.25, 0.3) is 0 Å². The molecule has 0 fully saturated rings. The maximum atomic E-state index is 10.7. The second-order valence-electron chi connectivity index (χ2n) is 7.13. The third-order valence-corrected chi connectivity index (χ3v) is 5.39. The summed E-state index contributed by atoms with van der Waals surface area (Å²) >= 11 is 12.7. The molecule has 7 nitrogen and oxygen atoms in total. The Morgan fingerprint density at radius 3 is 2.42 bits per heavy atom. The van der Waals surface area contributed by atoms with Gasteiger partial charge in [0, 0.05) is 48.0 Å². The lowest BCUT2D eigenvalue weighted by molar-refractivity contribution is -0.384. The Morgan fingerprint density at radius 2 is 1.73 bits per heavy atom. The first kappa shape index (κ1) is 24.6. The zero-order valence-electron chi connectivity index (χ0n) is 18.1. The summed E-state index contributed by atoms with van der Waals surface area (Å²) in [4.78, 5) is 10.3. The Balaban J connectivity index is 1.53. The van der Waals surface area contributed by atoms with Gasteiger partial charge in [-0.25, -0.2) is 0 Å². The first-order valence-electron chi connectivity index (χ1n) is 10.5. The van der Waals surface area contributed by atoms with Gasteiger partial charge in [0.05, 0.1) is 16.6 Å². The second-order valence-corrected chi connectivity index (χ2v) is 7.94. The van der Waals surface area contributed by atoms with Crippen molar-refractivity contribution in [1.82, 2.24) is 5.32 Å². The summed E-state index contributed by atoms with van der Waals surface area (Å²) < 4.78 is 11.7. The number of nitro groups is 1. The summed E-state index contributed by atoms with van der Waals surface area (Å²) in [7, 11) is 0. The molecule has 2 N–H and O–H groups in total. The van der Waals surface area contributed by atoms with Gasteiger partial charge in [0.25, 0.3) is 5.69 Å². The molecule has 33 heavy (non-hydrogen) atoms. The number of hydrogen-bond donors (Lipinski definition) is 2. The van der Waals surface area contributed by atoms with Gasteiger partial charge in [-0.15, -0.1) is 0 Å². The number of benzene rings is 3. The van der Waals surface area contributed by atoms with Crippen molar-refractivity contribution in [3.05, 3.63) is 92.0 Å². The van der Waals surface area contributed by atoms with Gasteiger partial charge in [-0.3, -0.25) is 10.1 Å². The quantitative estimate of drug-likeness (QED) is 0.182. The average Bonchev–Trinajstić information content (AvgIpc) is 2.80. The van der Waals surface area contributed by atoms with Gasteiger partial charge in [0.15, 0.2) is 11.5 Å². The van der Waals surface area contributed by atoms with E-state index in [1.165, 1.54) is 12.1 Å². The highest BCUT2D eigenvalue weighted by molar-refractivity contribution is 6.32. The van der Waals surface area contributed by atoms with Gasteiger partial charge in [-0.05, 0) is 42.8 Å². The highest BCUT2D eigenvalue weighted by atomic mass is 35.5. The molecule has 0 unspecified atom stereocenters. The van der Waals surface area contributed by atoms with Crippen LogP contribution in [0.15, 0.2) is 60.7 Å². The van der Waals surface area contributed by atoms with Gasteiger partial charge in [-0.1, -0.05) is 41.4 Å². The largest absolute Gasteiger partial charge is 0.490 e. The minimum atomic E-state index is -0.417. The molecule has 0 saturated heterocycles. The molecule has 0 saturated carbocycles. The zero-order valence-corrected chi connectivity index (χ0v) is 19.7. The van der Waals surface area contributed by atoms with Crippen LogP contribution in [-0.4, -0.2) is 24.6 Å². The van der Waals surface area contributed by atoms with Gasteiger partial charge < -0.3 is 20.1 Å². The van der Waals surface area contributed by atoms with E-state index in [-0.39, 0.29) is 12.3 Å². The second kappa shape index (κ2) is 12.3. The highest BCUT2D eigenvalue weighted by Crippen LogP contribution is 2.37. The fourth-order valence-corrected chi connectivity index (χ4v) is 3.60. The van der Waals surface area contributed by atoms with Gasteiger partial charge >= 0.3 is 0 Å². The SMILES string of the molecule is CCOc1cc(CNCCNc2ccc([N+](=O)[O-])cc2)cc(Cl)c1OCc1ccccc1Cl. The molecule has 0 aliphatic rings. The number of nitro benzene ring substituents is 1. The molecule has 0 aliphatic heterocycles. The molecular formula is C24H25Cl2N3O4. The number of nitrogens with zero attached hydrogens (tertiary/aromatic N) is 1. The van der Waals surface area contributed by atoms with E-state index in [4.69, 9.17) is 32.7 Å². The number of anilines is 1. The Bertz CT molecular complexity index is 1080. The zero-order chi connectivity index (χ0) is 23.6. The van der Waals surface area contributed by atoms with Crippen LogP contribution >= 0.6 is 23.2 Å². The van der Waals surface area contributed by atoms with Crippen molar-refractivity contribution in [2.24, 2.45) is 0 Å². The summed E-state index contributed by atoms with van der Waals surface area (Å²) in [5.74, 6) is 1.07. The van der Waals surface area contributed by atoms with Crippen LogP contribution in [0.4, 0.5) is 11.4 Å². The maximum absolute atomic E-state index is 10.7. The fraction of sp³-hybridized carbons (Fsp3) is 0.250. The van der Waals surface area contributed by atoms with E-state index in [0.717, 1.165) is 16.8 Å². The molecule has 0 spiro atoms. The van der Waals surface area contributed by atoms with Gasteiger partial charge in [0.1, 0.15) is 6.61 Å². The summed E-state index contributed by atoms with van der Waals surface area (Å²) in [6.45, 7) is 4.60. The highest BCUT2D eigenvalue weighted by Gasteiger charge is 2.14. The predicted octanol–water partition coefficient (Wildman–Crippen LogP) is 6.08. The molecular weight excluding hydrogens is 465 g/mol. The summed E-state index contributed by atoms with van der Waals surface area (Å²) in [5.41, 5.74) is 2.72. The lowest BCUT2D eigenvalue weighted by Crippen LogP contribution is -2.21. The lowest BCUT2D eigenvalue weighted by atomic mass is 10.2. The van der Waals surface area contributed by atoms with Crippen molar-refractivity contribution in [2.45, 2.75) is 20.1 Å². The minimum Gasteiger partial charge on any atom is -0.490 e. The van der Waals surface area contributed by atoms with Crippen LogP contribution in [-0.2, 0) is 13.2 Å². The van der Waals surface area contributed by atoms with E-state index in [9.17, 15) is 10.1 Å². The third-order valence-electron chi connectivity index (χ3n) is 4.74. The predicted molar refractivity (Wildman–Crippen MR) is 132 cm³/mol. The summed E-state index contributed by atoms with van der Waals surface area (Å²) in [6.07, 6.45) is 0. The summed E-state index contributed by atoms with van der Waals surface area (Å²) in [6, 6.07) is 17.6. The number of halogens is 2. The normalized spacial score (nSPS) is 10.6. The molecule has 3 aromatic rings. The minimum absolute atomic E-state index is 0.0694. The van der Waals surface area contributed by atoms with Crippen molar-refractivity contribution < 1.29 is 14.4 Å². The van der Waals surface area contributed by atoms with Crippen LogP contribution < -0.4 is 20.1 Å².